The number of nitrogens with zero attached hydrogens (tertiary/aromatic N) is 5. The first-order valence-corrected chi connectivity index (χ1v) is 14.8. The number of anilines is 2. The van der Waals surface area contributed by atoms with Crippen molar-refractivity contribution < 1.29 is 32.3 Å². The summed E-state index contributed by atoms with van der Waals surface area (Å²) in [7, 11) is -2.31. The molecule has 1 atom stereocenters. The molecule has 43 heavy (non-hydrogen) atoms. The largest absolute Gasteiger partial charge is 0.858 e. The fourth-order valence-electron chi connectivity index (χ4n) is 4.44. The van der Waals surface area contributed by atoms with Crippen molar-refractivity contribution in [2.45, 2.75) is 23.9 Å². The van der Waals surface area contributed by atoms with Gasteiger partial charge in [0, 0.05) is 5.69 Å². The predicted octanol–water partition coefficient (Wildman–Crippen LogP) is 1.12. The molecule has 1 fully saturated rings. The number of carbonyl (C=O) groups excluding carboxylic acids is 2. The number of primary sulfonamides is 1. The zero-order valence-corrected chi connectivity index (χ0v) is 24.3. The van der Waals surface area contributed by atoms with Crippen molar-refractivity contribution in [1.82, 2.24) is 10.2 Å². The lowest BCUT2D eigenvalue weighted by atomic mass is 10.1. The molecule has 0 aliphatic carbocycles. The molecule has 0 spiro atoms. The second-order valence-electron chi connectivity index (χ2n) is 9.49. The number of carbonyl (C=O) groups is 2. The Kier molecular flexibility index (Phi) is 8.29. The van der Waals surface area contributed by atoms with E-state index in [9.17, 15) is 23.1 Å². The molecule has 1 aliphatic rings. The van der Waals surface area contributed by atoms with Crippen LogP contribution >= 0.6 is 12.2 Å². The quantitative estimate of drug-likeness (QED) is 0.120. The van der Waals surface area contributed by atoms with Gasteiger partial charge in [-0.2, -0.15) is 0 Å². The number of thiocarbonyl (C=S) groups is 1. The van der Waals surface area contributed by atoms with E-state index in [0.29, 0.717) is 22.6 Å². The molecule has 1 saturated heterocycles. The minimum absolute atomic E-state index is 0.0597. The van der Waals surface area contributed by atoms with Gasteiger partial charge in [-0.3, -0.25) is 19.0 Å². The van der Waals surface area contributed by atoms with E-state index in [1.807, 2.05) is 0 Å². The number of nitrogens with two attached hydrogens (primary N) is 1. The molecular weight excluding hydrogens is 594 g/mol. The van der Waals surface area contributed by atoms with E-state index in [4.69, 9.17) is 21.9 Å². The van der Waals surface area contributed by atoms with Crippen molar-refractivity contribution in [3.05, 3.63) is 96.2 Å². The maximum absolute atomic E-state index is 13.7. The summed E-state index contributed by atoms with van der Waals surface area (Å²) in [5, 5.41) is 24.6. The van der Waals surface area contributed by atoms with Crippen LogP contribution in [0.4, 0.5) is 17.3 Å². The van der Waals surface area contributed by atoms with E-state index in [2.05, 4.69) is 15.6 Å². The molecule has 1 aromatic heterocycles. The molecule has 3 N–H and O–H groups in total. The molecular formula is C28H25N7O6S2. The average molecular weight is 620 g/mol. The number of benzene rings is 3. The monoisotopic (exact) mass is 619 g/mol. The van der Waals surface area contributed by atoms with Crippen molar-refractivity contribution in [2.24, 2.45) is 17.2 Å². The molecule has 220 valence electrons. The molecule has 2 amide bonds. The lowest BCUT2D eigenvalue weighted by Gasteiger charge is -2.22. The highest BCUT2D eigenvalue weighted by Crippen LogP contribution is 2.30. The number of para-hydroxylation sites is 1. The van der Waals surface area contributed by atoms with Crippen LogP contribution < -0.4 is 25.1 Å². The third-order valence-corrected chi connectivity index (χ3v) is 7.96. The van der Waals surface area contributed by atoms with Crippen molar-refractivity contribution in [3.8, 4) is 0 Å². The molecule has 1 unspecified atom stereocenters. The molecule has 3 aromatic carbocycles. The van der Waals surface area contributed by atoms with Crippen LogP contribution in [0.5, 0.6) is 0 Å². The predicted molar refractivity (Wildman–Crippen MR) is 157 cm³/mol. The van der Waals surface area contributed by atoms with E-state index in [1.54, 1.807) is 72.6 Å². The van der Waals surface area contributed by atoms with Crippen molar-refractivity contribution in [3.63, 3.8) is 0 Å². The number of rotatable bonds is 9. The lowest BCUT2D eigenvalue weighted by molar-refractivity contribution is -0.746. The molecule has 0 bridgehead atoms. The van der Waals surface area contributed by atoms with Gasteiger partial charge >= 0.3 is 5.88 Å². The Morgan fingerprint density at radius 2 is 1.72 bits per heavy atom. The molecule has 0 saturated carbocycles. The third-order valence-electron chi connectivity index (χ3n) is 6.61. The second-order valence-corrected chi connectivity index (χ2v) is 11.4. The van der Waals surface area contributed by atoms with Crippen molar-refractivity contribution >= 4 is 62.3 Å². The Bertz CT molecular complexity index is 1810. The SMILES string of the molecule is C[n+]1noc(/N=C(\[O-])c2ccccc2)c1CN1C(=S)N(c2ccccc2)C(=O)C1CC(=O)Nc1ccc(S(N)(=O)=O)cc1. The molecule has 1 aliphatic heterocycles. The summed E-state index contributed by atoms with van der Waals surface area (Å²) in [6, 6.07) is 21.4. The normalized spacial score (nSPS) is 15.7. The Morgan fingerprint density at radius 3 is 2.35 bits per heavy atom. The van der Waals surface area contributed by atoms with Gasteiger partial charge in [0.2, 0.25) is 21.2 Å². The fraction of sp³-hybridized carbons (Fsp3) is 0.143. The van der Waals surface area contributed by atoms with Gasteiger partial charge in [-0.25, -0.2) is 18.5 Å². The number of nitrogens with one attached hydrogen (secondary N) is 1. The van der Waals surface area contributed by atoms with Gasteiger partial charge in [-0.15, -0.1) is 0 Å². The van der Waals surface area contributed by atoms with Gasteiger partial charge in [-0.1, -0.05) is 48.5 Å². The number of hydrogen-bond donors (Lipinski definition) is 2. The molecule has 0 radical (unpaired) electrons. The van der Waals surface area contributed by atoms with E-state index in [-0.39, 0.29) is 28.9 Å². The zero-order chi connectivity index (χ0) is 30.7. The van der Waals surface area contributed by atoms with Gasteiger partial charge in [0.1, 0.15) is 12.6 Å². The Hall–Kier alpha value is -4.99. The first-order chi connectivity index (χ1) is 20.5. The first kappa shape index (κ1) is 29.5. The van der Waals surface area contributed by atoms with Crippen LogP contribution in [0, 0.1) is 0 Å². The molecule has 13 nitrogen and oxygen atoms in total. The minimum atomic E-state index is -3.90. The van der Waals surface area contributed by atoms with Gasteiger partial charge < -0.3 is 15.3 Å². The van der Waals surface area contributed by atoms with E-state index < -0.39 is 33.8 Å². The number of amides is 2. The highest BCUT2D eigenvalue weighted by molar-refractivity contribution is 7.89. The molecule has 15 heteroatoms. The van der Waals surface area contributed by atoms with Crippen LogP contribution in [0.1, 0.15) is 17.7 Å². The van der Waals surface area contributed by atoms with E-state index in [1.165, 1.54) is 33.8 Å². The smallest absolute Gasteiger partial charge is 0.325 e. The second kappa shape index (κ2) is 12.1. The maximum atomic E-state index is 13.7. The summed E-state index contributed by atoms with van der Waals surface area (Å²) < 4.78 is 29.8. The Balaban J connectivity index is 1.43. The summed E-state index contributed by atoms with van der Waals surface area (Å²) in [6.45, 7) is -0.0597. The van der Waals surface area contributed by atoms with Gasteiger partial charge in [0.05, 0.1) is 17.0 Å². The van der Waals surface area contributed by atoms with Crippen LogP contribution in [0.15, 0.2) is 99.3 Å². The van der Waals surface area contributed by atoms with Crippen LogP contribution in [0.3, 0.4) is 0 Å². The van der Waals surface area contributed by atoms with Crippen LogP contribution in [-0.2, 0) is 33.2 Å². The lowest BCUT2D eigenvalue weighted by Crippen LogP contribution is -2.42. The summed E-state index contributed by atoms with van der Waals surface area (Å²) in [6.07, 6.45) is -0.302. The Morgan fingerprint density at radius 1 is 1.09 bits per heavy atom. The zero-order valence-electron chi connectivity index (χ0n) is 22.7. The summed E-state index contributed by atoms with van der Waals surface area (Å²) in [5.74, 6) is -1.57. The average Bonchev–Trinajstić information content (AvgIpc) is 3.44. The number of aliphatic imine (C=N–C) groups is 1. The van der Waals surface area contributed by atoms with Crippen molar-refractivity contribution in [2.75, 3.05) is 10.2 Å². The van der Waals surface area contributed by atoms with Crippen molar-refractivity contribution in [1.29, 1.82) is 0 Å². The van der Waals surface area contributed by atoms with Gasteiger partial charge in [0.25, 0.3) is 11.6 Å². The van der Waals surface area contributed by atoms with Gasteiger partial charge in [-0.05, 0) is 64.8 Å². The van der Waals surface area contributed by atoms with Crippen LogP contribution in [0.25, 0.3) is 0 Å². The molecule has 5 rings (SSSR count). The summed E-state index contributed by atoms with van der Waals surface area (Å²) in [4.78, 5) is 33.7. The Labute approximate surface area is 251 Å². The number of sulfonamides is 1. The maximum Gasteiger partial charge on any atom is 0.325 e. The number of aromatic nitrogens is 2. The van der Waals surface area contributed by atoms with Crippen LogP contribution in [-0.4, -0.2) is 47.5 Å². The van der Waals surface area contributed by atoms with Crippen LogP contribution in [0.2, 0.25) is 0 Å². The first-order valence-electron chi connectivity index (χ1n) is 12.8. The highest BCUT2D eigenvalue weighted by atomic mass is 32.2. The standard InChI is InChI=1S/C28H25N7O6S2/c1-33-23(26(41-32-33)31-25(37)18-8-4-2-5-9-18)17-34-22(27(38)35(28(34)42)20-10-6-3-7-11-20)16-24(36)30-19-12-14-21(15-13-19)43(29,39)40/h2-15,22H,16-17H2,1H3,(H3-,29,30,31,32,36,37,39,40). The third kappa shape index (κ3) is 6.43. The van der Waals surface area contributed by atoms with Gasteiger partial charge in [0.15, 0.2) is 12.2 Å². The topological polar surface area (TPSA) is 178 Å². The number of aryl methyl sites for hydroxylation is 1. The summed E-state index contributed by atoms with van der Waals surface area (Å²) >= 11 is 5.73. The molecule has 2 heterocycles. The fourth-order valence-corrected chi connectivity index (χ4v) is 5.34. The van der Waals surface area contributed by atoms with E-state index in [0.717, 1.165) is 0 Å². The highest BCUT2D eigenvalue weighted by Gasteiger charge is 2.46. The molecule has 4 aromatic rings. The van der Waals surface area contributed by atoms with E-state index >= 15 is 0 Å². The minimum Gasteiger partial charge on any atom is -0.858 e. The number of hydrogen-bond acceptors (Lipinski definition) is 9. The summed E-state index contributed by atoms with van der Waals surface area (Å²) in [5.41, 5.74) is 1.52.